The highest BCUT2D eigenvalue weighted by Crippen LogP contribution is 2.37. The monoisotopic (exact) mass is 415 g/mol. The van der Waals surface area contributed by atoms with Crippen LogP contribution in [0.25, 0.3) is 33.1 Å². The van der Waals surface area contributed by atoms with Crippen molar-refractivity contribution in [1.82, 2.24) is 19.9 Å². The molecule has 1 saturated heterocycles. The van der Waals surface area contributed by atoms with Crippen molar-refractivity contribution in [2.45, 2.75) is 25.9 Å². The van der Waals surface area contributed by atoms with Crippen molar-refractivity contribution in [2.24, 2.45) is 0 Å². The lowest BCUT2D eigenvalue weighted by molar-refractivity contribution is 0.104. The van der Waals surface area contributed by atoms with Gasteiger partial charge in [0.05, 0.1) is 17.1 Å². The molecule has 0 bridgehead atoms. The van der Waals surface area contributed by atoms with Gasteiger partial charge in [-0.05, 0) is 43.1 Å². The second-order valence-corrected chi connectivity index (χ2v) is 7.84. The number of benzene rings is 1. The van der Waals surface area contributed by atoms with Gasteiger partial charge in [0, 0.05) is 30.2 Å². The van der Waals surface area contributed by atoms with E-state index in [0.717, 1.165) is 59.9 Å². The number of likely N-dealkylation sites (tertiary alicyclic amines) is 1. The Balaban J connectivity index is 1.61. The maximum atomic E-state index is 13.3. The number of fused-ring (bicyclic) bond motifs is 3. The summed E-state index contributed by atoms with van der Waals surface area (Å²) in [7, 11) is 0. The summed E-state index contributed by atoms with van der Waals surface area (Å²) >= 11 is 0. The number of aromatic amines is 1. The summed E-state index contributed by atoms with van der Waals surface area (Å²) in [5.41, 5.74) is 3.49. The van der Waals surface area contributed by atoms with Crippen LogP contribution in [0.4, 0.5) is 4.39 Å². The third-order valence-electron chi connectivity index (χ3n) is 5.99. The summed E-state index contributed by atoms with van der Waals surface area (Å²) in [6.45, 7) is 5.16. The second-order valence-electron chi connectivity index (χ2n) is 7.84. The zero-order valence-electron chi connectivity index (χ0n) is 17.2. The molecule has 5 rings (SSSR count). The van der Waals surface area contributed by atoms with E-state index in [-0.39, 0.29) is 17.6 Å². The van der Waals surface area contributed by atoms with Crippen LogP contribution in [-0.2, 0) is 0 Å². The van der Waals surface area contributed by atoms with Crippen molar-refractivity contribution in [2.75, 3.05) is 19.6 Å². The molecule has 1 fully saturated rings. The lowest BCUT2D eigenvalue weighted by Gasteiger charge is -2.31. The first-order chi connectivity index (χ1) is 15.2. The van der Waals surface area contributed by atoms with Gasteiger partial charge in [0.2, 0.25) is 0 Å². The highest BCUT2D eigenvalue weighted by atomic mass is 19.1. The fraction of sp³-hybridized carbons (Fsp3) is 0.292. The van der Waals surface area contributed by atoms with E-state index < -0.39 is 0 Å². The van der Waals surface area contributed by atoms with Gasteiger partial charge in [-0.3, -0.25) is 0 Å². The topological polar surface area (TPSA) is 77.8 Å². The molecule has 0 unspecified atom stereocenters. The Labute approximate surface area is 179 Å². The number of pyridine rings is 2. The molecule has 1 aromatic carbocycles. The number of aromatic nitrogens is 3. The number of nitrogens with one attached hydrogen (secondary N) is 1. The van der Waals surface area contributed by atoms with Crippen LogP contribution >= 0.6 is 0 Å². The Morgan fingerprint density at radius 2 is 1.94 bits per heavy atom. The molecule has 0 atom stereocenters. The molecule has 0 saturated carbocycles. The largest absolute Gasteiger partial charge is 0.487 e. The predicted molar refractivity (Wildman–Crippen MR) is 117 cm³/mol. The molecule has 6 nitrogen and oxygen atoms in total. The van der Waals surface area contributed by atoms with E-state index in [2.05, 4.69) is 32.8 Å². The molecule has 7 heteroatoms. The van der Waals surface area contributed by atoms with E-state index in [1.807, 2.05) is 6.07 Å². The van der Waals surface area contributed by atoms with Crippen LogP contribution in [0.3, 0.4) is 0 Å². The number of H-pyrrole nitrogens is 1. The number of halogens is 1. The summed E-state index contributed by atoms with van der Waals surface area (Å²) < 4.78 is 19.7. The lowest BCUT2D eigenvalue weighted by Crippen LogP contribution is -2.38. The predicted octanol–water partition coefficient (Wildman–Crippen LogP) is 4.65. The third-order valence-corrected chi connectivity index (χ3v) is 5.99. The average Bonchev–Trinajstić information content (AvgIpc) is 3.18. The molecule has 156 valence electrons. The third kappa shape index (κ3) is 3.60. The molecule has 0 radical (unpaired) electrons. The van der Waals surface area contributed by atoms with Crippen molar-refractivity contribution in [3.63, 3.8) is 0 Å². The van der Waals surface area contributed by atoms with Crippen molar-refractivity contribution < 1.29 is 9.13 Å². The maximum absolute atomic E-state index is 13.3. The second kappa shape index (κ2) is 7.97. The van der Waals surface area contributed by atoms with E-state index in [4.69, 9.17) is 4.74 Å². The minimum Gasteiger partial charge on any atom is -0.487 e. The molecular weight excluding hydrogens is 393 g/mol. The Bertz CT molecular complexity index is 1280. The molecule has 4 heterocycles. The van der Waals surface area contributed by atoms with E-state index in [1.54, 1.807) is 24.5 Å². The Kier molecular flexibility index (Phi) is 5.00. The minimum absolute atomic E-state index is 0.0421. The van der Waals surface area contributed by atoms with Gasteiger partial charge in [0.25, 0.3) is 0 Å². The van der Waals surface area contributed by atoms with E-state index in [0.29, 0.717) is 11.4 Å². The Morgan fingerprint density at radius 3 is 2.65 bits per heavy atom. The van der Waals surface area contributed by atoms with Gasteiger partial charge in [-0.1, -0.05) is 19.1 Å². The van der Waals surface area contributed by atoms with Crippen LogP contribution < -0.4 is 4.74 Å². The van der Waals surface area contributed by atoms with Crippen LogP contribution in [0.15, 0.2) is 42.7 Å². The number of nitriles is 1. The van der Waals surface area contributed by atoms with Gasteiger partial charge < -0.3 is 14.6 Å². The first kappa shape index (κ1) is 19.5. The Hall–Kier alpha value is -3.50. The summed E-state index contributed by atoms with van der Waals surface area (Å²) in [5, 5.41) is 11.4. The van der Waals surface area contributed by atoms with Crippen molar-refractivity contribution in [1.29, 1.82) is 5.26 Å². The van der Waals surface area contributed by atoms with Gasteiger partial charge >= 0.3 is 0 Å². The number of hydrogen-bond acceptors (Lipinski definition) is 5. The van der Waals surface area contributed by atoms with Crippen LogP contribution in [0.1, 0.15) is 25.5 Å². The highest BCUT2D eigenvalue weighted by molar-refractivity contribution is 6.10. The summed E-state index contributed by atoms with van der Waals surface area (Å²) in [6.07, 6.45) is 5.28. The van der Waals surface area contributed by atoms with Gasteiger partial charge in [0.1, 0.15) is 23.6 Å². The lowest BCUT2D eigenvalue weighted by atomic mass is 10.0. The zero-order valence-corrected chi connectivity index (χ0v) is 17.2. The van der Waals surface area contributed by atoms with Crippen LogP contribution in [0.2, 0.25) is 0 Å². The molecular formula is C24H22FN5O. The average molecular weight is 415 g/mol. The van der Waals surface area contributed by atoms with E-state index in [9.17, 15) is 9.65 Å². The highest BCUT2D eigenvalue weighted by Gasteiger charge is 2.24. The fourth-order valence-electron chi connectivity index (χ4n) is 4.24. The summed E-state index contributed by atoms with van der Waals surface area (Å²) in [4.78, 5) is 14.5. The zero-order chi connectivity index (χ0) is 21.4. The first-order valence-corrected chi connectivity index (χ1v) is 10.5. The summed E-state index contributed by atoms with van der Waals surface area (Å²) in [6, 6.07) is 10.5. The van der Waals surface area contributed by atoms with Gasteiger partial charge in [-0.15, -0.1) is 0 Å². The summed E-state index contributed by atoms with van der Waals surface area (Å²) in [5.74, 6) is 0.235. The smallest absolute Gasteiger partial charge is 0.183 e. The first-order valence-electron chi connectivity index (χ1n) is 10.5. The van der Waals surface area contributed by atoms with E-state index >= 15 is 0 Å². The number of ether oxygens (including phenoxy) is 1. The van der Waals surface area contributed by atoms with Gasteiger partial charge in [0.15, 0.2) is 11.4 Å². The molecule has 4 aromatic rings. The van der Waals surface area contributed by atoms with Crippen molar-refractivity contribution in [3.8, 4) is 22.9 Å². The fourth-order valence-corrected chi connectivity index (χ4v) is 4.24. The molecule has 3 aromatic heterocycles. The van der Waals surface area contributed by atoms with Gasteiger partial charge in [-0.2, -0.15) is 5.26 Å². The maximum Gasteiger partial charge on any atom is 0.183 e. The van der Waals surface area contributed by atoms with Crippen LogP contribution in [0.5, 0.6) is 5.75 Å². The van der Waals surface area contributed by atoms with Crippen molar-refractivity contribution >= 4 is 21.9 Å². The van der Waals surface area contributed by atoms with Gasteiger partial charge in [-0.25, -0.2) is 14.4 Å². The molecule has 1 aliphatic rings. The van der Waals surface area contributed by atoms with E-state index in [1.165, 1.54) is 12.1 Å². The molecule has 0 amide bonds. The molecule has 1 aliphatic heterocycles. The molecule has 31 heavy (non-hydrogen) atoms. The van der Waals surface area contributed by atoms with Crippen LogP contribution in [0, 0.1) is 17.1 Å². The van der Waals surface area contributed by atoms with Crippen LogP contribution in [-0.4, -0.2) is 45.6 Å². The number of nitrogens with zero attached hydrogens (tertiary/aromatic N) is 4. The minimum atomic E-state index is -0.278. The Morgan fingerprint density at radius 1 is 1.16 bits per heavy atom. The molecule has 0 spiro atoms. The number of piperidine rings is 1. The van der Waals surface area contributed by atoms with Crippen molar-refractivity contribution in [3.05, 3.63) is 54.2 Å². The molecule has 1 N–H and O–H groups in total. The number of rotatable bonds is 4. The molecule has 0 aliphatic carbocycles. The quantitative estimate of drug-likeness (QED) is 0.525. The number of hydrogen-bond donors (Lipinski definition) is 1. The standard InChI is InChI=1S/C24H22FN5O/c1-2-30-9-7-18(8-10-30)31-23-20(12-26)27-14-21-22(23)19-11-16(13-28-24(19)29-21)15-3-5-17(25)6-4-15/h3-6,11,13-14,18H,2,7-10H2,1H3,(H,28,29). The SMILES string of the molecule is CCN1CCC(Oc2c(C#N)ncc3[nH]c4ncc(-c5ccc(F)cc5)cc4c23)CC1. The normalized spacial score (nSPS) is 15.4.